The average Bonchev–Trinajstić information content (AvgIpc) is 1.62. The molecule has 0 saturated heterocycles. The number of halogens is 4. The van der Waals surface area contributed by atoms with Gasteiger partial charge < -0.3 is 0 Å². The summed E-state index contributed by atoms with van der Waals surface area (Å²) in [7, 11) is 0. The first-order valence-corrected chi connectivity index (χ1v) is 5.96. The zero-order valence-corrected chi connectivity index (χ0v) is 11.3. The lowest BCUT2D eigenvalue weighted by Gasteiger charge is -2.14. The molecule has 0 spiro atoms. The van der Waals surface area contributed by atoms with Gasteiger partial charge in [-0.1, -0.05) is 70.6 Å². The van der Waals surface area contributed by atoms with Crippen LogP contribution in [0.5, 0.6) is 0 Å². The van der Waals surface area contributed by atoms with E-state index in [0.717, 1.165) is 12.8 Å². The fourth-order valence-electron chi connectivity index (χ4n) is 0.395. The predicted molar refractivity (Wildman–Crippen MR) is 57.1 cm³/mol. The third-order valence-electron chi connectivity index (χ3n) is 0.896. The Bertz CT molecular complexity index is 75.5. The minimum Gasteiger partial charge on any atom is -0.0890 e. The van der Waals surface area contributed by atoms with Crippen LogP contribution in [0.2, 0.25) is 0 Å². The number of alkyl halides is 4. The zero-order chi connectivity index (χ0) is 7.49. The highest BCUT2D eigenvalue weighted by molar-refractivity contribution is 9.39. The first kappa shape index (κ1) is 10.9. The maximum Gasteiger partial charge on any atom is 0.136 e. The van der Waals surface area contributed by atoms with Gasteiger partial charge in [0.1, 0.15) is 2.14 Å². The molecule has 0 aromatic carbocycles. The van der Waals surface area contributed by atoms with Gasteiger partial charge in [0.15, 0.2) is 0 Å². The molecule has 0 heterocycles. The Kier molecular flexibility index (Phi) is 5.74. The van der Waals surface area contributed by atoms with Crippen molar-refractivity contribution in [2.75, 3.05) is 0 Å². The lowest BCUT2D eigenvalue weighted by atomic mass is 10.3. The zero-order valence-electron chi connectivity index (χ0n) is 5.00. The van der Waals surface area contributed by atoms with E-state index in [0.29, 0.717) is 4.83 Å². The lowest BCUT2D eigenvalue weighted by molar-refractivity contribution is 0.792. The van der Waals surface area contributed by atoms with Crippen LogP contribution in [0.3, 0.4) is 0 Å². The lowest BCUT2D eigenvalue weighted by Crippen LogP contribution is -2.08. The van der Waals surface area contributed by atoms with Crippen molar-refractivity contribution in [1.29, 1.82) is 0 Å². The fourth-order valence-corrected chi connectivity index (χ4v) is 3.36. The summed E-state index contributed by atoms with van der Waals surface area (Å²) in [5, 5.41) is 0. The Morgan fingerprint density at radius 3 is 1.89 bits per heavy atom. The van der Waals surface area contributed by atoms with Crippen molar-refractivity contribution in [3.05, 3.63) is 0 Å². The van der Waals surface area contributed by atoms with Crippen LogP contribution in [0.15, 0.2) is 0 Å². The second-order valence-corrected chi connectivity index (χ2v) is 10.4. The quantitative estimate of drug-likeness (QED) is 0.617. The van der Waals surface area contributed by atoms with Gasteiger partial charge in [0, 0.05) is 4.83 Å². The summed E-state index contributed by atoms with van der Waals surface area (Å²) in [5.41, 5.74) is 0. The molecule has 0 bridgehead atoms. The predicted octanol–water partition coefficient (Wildman–Crippen LogP) is 4.39. The molecule has 1 atom stereocenters. The first-order valence-electron chi connectivity index (χ1n) is 2.66. The molecule has 1 unspecified atom stereocenters. The minimum absolute atomic E-state index is 0.0861. The second kappa shape index (κ2) is 4.73. The molecule has 0 aromatic rings. The molecule has 56 valence electrons. The van der Waals surface area contributed by atoms with Gasteiger partial charge in [-0.2, -0.15) is 0 Å². The maximum absolute atomic E-state index is 3.52. The number of hydrogen-bond donors (Lipinski definition) is 0. The van der Waals surface area contributed by atoms with Crippen molar-refractivity contribution in [3.8, 4) is 0 Å². The third-order valence-corrected chi connectivity index (χ3v) is 2.84. The van der Waals surface area contributed by atoms with E-state index in [2.05, 4.69) is 70.6 Å². The van der Waals surface area contributed by atoms with Crippen molar-refractivity contribution < 1.29 is 0 Å². The van der Waals surface area contributed by atoms with Gasteiger partial charge in [0.2, 0.25) is 0 Å². The minimum atomic E-state index is -0.0861. The molecule has 0 amide bonds. The highest BCUT2D eigenvalue weighted by atomic mass is 80.0. The molecule has 0 aliphatic heterocycles. The van der Waals surface area contributed by atoms with Crippen molar-refractivity contribution in [2.24, 2.45) is 0 Å². The van der Waals surface area contributed by atoms with Gasteiger partial charge in [-0.15, -0.1) is 0 Å². The Morgan fingerprint density at radius 2 is 1.78 bits per heavy atom. The Hall–Kier alpha value is 1.92. The molecule has 0 fully saturated rings. The summed E-state index contributed by atoms with van der Waals surface area (Å²) in [5.74, 6) is 0. The summed E-state index contributed by atoms with van der Waals surface area (Å²) in [4.78, 5) is 0.565. The molecule has 0 nitrogen and oxygen atoms in total. The highest BCUT2D eigenvalue weighted by Gasteiger charge is 2.20. The molecule has 0 aliphatic carbocycles. The fraction of sp³-hybridized carbons (Fsp3) is 1.00. The van der Waals surface area contributed by atoms with Crippen molar-refractivity contribution in [1.82, 2.24) is 0 Å². The van der Waals surface area contributed by atoms with Gasteiger partial charge in [0.05, 0.1) is 0 Å². The van der Waals surface area contributed by atoms with E-state index in [-0.39, 0.29) is 2.14 Å². The normalized spacial score (nSPS) is 15.7. The van der Waals surface area contributed by atoms with Crippen LogP contribution >= 0.6 is 63.7 Å². The molecule has 0 N–H and O–H groups in total. The van der Waals surface area contributed by atoms with E-state index in [1.165, 1.54) is 0 Å². The molecule has 0 radical (unpaired) electrons. The van der Waals surface area contributed by atoms with Crippen LogP contribution in [0.1, 0.15) is 19.8 Å². The number of rotatable bonds is 2. The van der Waals surface area contributed by atoms with E-state index in [9.17, 15) is 0 Å². The molecular formula is C5H8Br4. The van der Waals surface area contributed by atoms with E-state index >= 15 is 0 Å². The van der Waals surface area contributed by atoms with E-state index in [1.807, 2.05) is 0 Å². The molecular weight excluding hydrogens is 380 g/mol. The van der Waals surface area contributed by atoms with E-state index < -0.39 is 0 Å². The molecule has 9 heavy (non-hydrogen) atoms. The Labute approximate surface area is 89.7 Å². The topological polar surface area (TPSA) is 0 Å². The van der Waals surface area contributed by atoms with Gasteiger partial charge in [-0.05, 0) is 12.8 Å². The standard InChI is InChI=1S/C5H8Br4/c1-2-4(6)3-5(7,8)9/h4H,2-3H2,1H3. The summed E-state index contributed by atoms with van der Waals surface area (Å²) in [6.45, 7) is 2.15. The summed E-state index contributed by atoms with van der Waals surface area (Å²) in [6.07, 6.45) is 2.16. The third kappa shape index (κ3) is 7.82. The molecule has 0 rings (SSSR count). The summed E-state index contributed by atoms with van der Waals surface area (Å²) < 4.78 is -0.0861. The summed E-state index contributed by atoms with van der Waals surface area (Å²) >= 11 is 13.8. The van der Waals surface area contributed by atoms with Gasteiger partial charge >= 0.3 is 0 Å². The van der Waals surface area contributed by atoms with E-state index in [4.69, 9.17) is 0 Å². The maximum atomic E-state index is 3.52. The monoisotopic (exact) mass is 384 g/mol. The highest BCUT2D eigenvalue weighted by Crippen LogP contribution is 2.39. The van der Waals surface area contributed by atoms with Gasteiger partial charge in [0.25, 0.3) is 0 Å². The Balaban J connectivity index is 3.47. The van der Waals surface area contributed by atoms with Crippen LogP contribution in [-0.2, 0) is 0 Å². The first-order chi connectivity index (χ1) is 3.95. The van der Waals surface area contributed by atoms with Crippen LogP contribution in [0.4, 0.5) is 0 Å². The molecule has 4 heteroatoms. The Morgan fingerprint density at radius 1 is 1.33 bits per heavy atom. The van der Waals surface area contributed by atoms with Gasteiger partial charge in [-0.3, -0.25) is 0 Å². The molecule has 0 aromatic heterocycles. The van der Waals surface area contributed by atoms with E-state index in [1.54, 1.807) is 0 Å². The smallest absolute Gasteiger partial charge is 0.0890 e. The second-order valence-electron chi connectivity index (χ2n) is 1.82. The van der Waals surface area contributed by atoms with Crippen LogP contribution in [-0.4, -0.2) is 6.97 Å². The van der Waals surface area contributed by atoms with Crippen LogP contribution in [0, 0.1) is 0 Å². The molecule has 0 aliphatic rings. The SMILES string of the molecule is CCC(Br)CC(Br)(Br)Br. The average molecular weight is 388 g/mol. The van der Waals surface area contributed by atoms with Crippen LogP contribution < -0.4 is 0 Å². The number of hydrogen-bond acceptors (Lipinski definition) is 0. The van der Waals surface area contributed by atoms with Crippen molar-refractivity contribution in [3.63, 3.8) is 0 Å². The van der Waals surface area contributed by atoms with Crippen molar-refractivity contribution >= 4 is 63.7 Å². The van der Waals surface area contributed by atoms with Crippen LogP contribution in [0.25, 0.3) is 0 Å². The molecule has 0 saturated carbocycles. The van der Waals surface area contributed by atoms with Gasteiger partial charge in [-0.25, -0.2) is 0 Å². The largest absolute Gasteiger partial charge is 0.136 e. The summed E-state index contributed by atoms with van der Waals surface area (Å²) in [6, 6.07) is 0. The van der Waals surface area contributed by atoms with Crippen molar-refractivity contribution in [2.45, 2.75) is 26.7 Å².